The molecule has 2 aliphatic heterocycles. The molecule has 204 valence electrons. The molecule has 0 radical (unpaired) electrons. The number of nitrogens with zero attached hydrogens (tertiary/aromatic N) is 2. The van der Waals surface area contributed by atoms with Crippen molar-refractivity contribution in [3.05, 3.63) is 63.7 Å². The average molecular weight is 531 g/mol. The second-order valence-corrected chi connectivity index (χ2v) is 11.2. The van der Waals surface area contributed by atoms with Gasteiger partial charge in [-0.2, -0.15) is 13.2 Å². The number of halogens is 3. The van der Waals surface area contributed by atoms with Crippen LogP contribution < -0.4 is 0 Å². The molecule has 6 rings (SSSR count). The average Bonchev–Trinajstić information content (AvgIpc) is 2.91. The molecule has 2 aliphatic carbocycles. The molecule has 4 heterocycles. The van der Waals surface area contributed by atoms with Crippen LogP contribution in [0.4, 0.5) is 13.2 Å². The van der Waals surface area contributed by atoms with Crippen LogP contribution in [-0.4, -0.2) is 46.6 Å². The lowest BCUT2D eigenvalue weighted by atomic mass is 9.59. The van der Waals surface area contributed by atoms with Crippen molar-refractivity contribution in [3.63, 3.8) is 0 Å². The first-order valence-corrected chi connectivity index (χ1v) is 13.6. The molecule has 1 unspecified atom stereocenters. The molecule has 2 atom stereocenters. The van der Waals surface area contributed by atoms with Crippen molar-refractivity contribution in [2.45, 2.75) is 75.7 Å². The van der Waals surface area contributed by atoms with Crippen molar-refractivity contribution in [2.75, 3.05) is 26.4 Å². The molecule has 0 bridgehead atoms. The van der Waals surface area contributed by atoms with Crippen molar-refractivity contribution in [2.24, 2.45) is 5.41 Å². The number of fused-ring (bicyclic) bond motifs is 1. The molecule has 38 heavy (non-hydrogen) atoms. The van der Waals surface area contributed by atoms with Gasteiger partial charge in [0, 0.05) is 42.1 Å². The zero-order valence-electron chi connectivity index (χ0n) is 21.3. The summed E-state index contributed by atoms with van der Waals surface area (Å²) in [5, 5.41) is 23.3. The van der Waals surface area contributed by atoms with E-state index in [-0.39, 0.29) is 17.0 Å². The van der Waals surface area contributed by atoms with E-state index in [1.54, 1.807) is 0 Å². The lowest BCUT2D eigenvalue weighted by Crippen LogP contribution is -2.39. The van der Waals surface area contributed by atoms with Gasteiger partial charge in [-0.15, -0.1) is 0 Å². The zero-order chi connectivity index (χ0) is 26.5. The number of hydrogen-bond acceptors (Lipinski definition) is 6. The molecule has 1 saturated carbocycles. The Balaban J connectivity index is 1.55. The van der Waals surface area contributed by atoms with Crippen molar-refractivity contribution >= 4 is 5.57 Å². The van der Waals surface area contributed by atoms with Crippen LogP contribution in [0.5, 0.6) is 0 Å². The SMILES string of the molecule is OC1CC2(CCC2)Cc2nc(C3CCOCC3)c([C@H](O)c3ccc(C(F)(F)F)cn3)c(C3=CCOCC3)c21. The summed E-state index contributed by atoms with van der Waals surface area (Å²) in [5.41, 5.74) is 4.06. The van der Waals surface area contributed by atoms with Gasteiger partial charge in [0.15, 0.2) is 0 Å². The van der Waals surface area contributed by atoms with Crippen LogP contribution in [0.3, 0.4) is 0 Å². The van der Waals surface area contributed by atoms with Gasteiger partial charge >= 0.3 is 6.18 Å². The van der Waals surface area contributed by atoms with Gasteiger partial charge in [-0.05, 0) is 73.6 Å². The van der Waals surface area contributed by atoms with E-state index in [2.05, 4.69) is 4.98 Å². The number of aliphatic hydroxyl groups excluding tert-OH is 2. The van der Waals surface area contributed by atoms with Gasteiger partial charge in [0.1, 0.15) is 6.10 Å². The van der Waals surface area contributed by atoms with Crippen LogP contribution in [-0.2, 0) is 22.1 Å². The fourth-order valence-corrected chi connectivity index (χ4v) is 6.72. The highest BCUT2D eigenvalue weighted by Gasteiger charge is 2.46. The summed E-state index contributed by atoms with van der Waals surface area (Å²) in [5.74, 6) is 0.0312. The fraction of sp³-hybridized carbons (Fsp3) is 0.586. The van der Waals surface area contributed by atoms with E-state index in [1.165, 1.54) is 6.07 Å². The maximum absolute atomic E-state index is 13.2. The second kappa shape index (κ2) is 10.0. The van der Waals surface area contributed by atoms with Crippen molar-refractivity contribution < 1.29 is 32.9 Å². The molecule has 2 aromatic rings. The van der Waals surface area contributed by atoms with Crippen LogP contribution in [0.1, 0.15) is 102 Å². The Morgan fingerprint density at radius 2 is 1.87 bits per heavy atom. The number of aromatic nitrogens is 2. The molecule has 2 aromatic heterocycles. The Labute approximate surface area is 219 Å². The van der Waals surface area contributed by atoms with E-state index < -0.39 is 23.9 Å². The lowest BCUT2D eigenvalue weighted by Gasteiger charge is -2.48. The van der Waals surface area contributed by atoms with Crippen LogP contribution in [0.2, 0.25) is 0 Å². The Hall–Kier alpha value is -2.33. The number of pyridine rings is 2. The number of hydrogen-bond donors (Lipinski definition) is 2. The number of rotatable bonds is 4. The van der Waals surface area contributed by atoms with Crippen molar-refractivity contribution in [1.82, 2.24) is 9.97 Å². The highest BCUT2D eigenvalue weighted by molar-refractivity contribution is 5.74. The number of alkyl halides is 3. The third-order valence-corrected chi connectivity index (χ3v) is 8.86. The van der Waals surface area contributed by atoms with Gasteiger partial charge in [0.2, 0.25) is 0 Å². The summed E-state index contributed by atoms with van der Waals surface area (Å²) >= 11 is 0. The summed E-state index contributed by atoms with van der Waals surface area (Å²) in [6.45, 7) is 2.10. The number of ether oxygens (including phenoxy) is 2. The minimum absolute atomic E-state index is 0.0312. The predicted molar refractivity (Wildman–Crippen MR) is 133 cm³/mol. The summed E-state index contributed by atoms with van der Waals surface area (Å²) in [6, 6.07) is 2.19. The molecule has 1 saturated heterocycles. The van der Waals surface area contributed by atoms with Crippen LogP contribution in [0, 0.1) is 5.41 Å². The fourth-order valence-electron chi connectivity index (χ4n) is 6.72. The summed E-state index contributed by atoms with van der Waals surface area (Å²) in [7, 11) is 0. The van der Waals surface area contributed by atoms with Crippen molar-refractivity contribution in [1.29, 1.82) is 0 Å². The predicted octanol–water partition coefficient (Wildman–Crippen LogP) is 5.42. The highest BCUT2D eigenvalue weighted by atomic mass is 19.4. The molecule has 9 heteroatoms. The van der Waals surface area contributed by atoms with E-state index in [0.717, 1.165) is 78.9 Å². The highest BCUT2D eigenvalue weighted by Crippen LogP contribution is 2.55. The Morgan fingerprint density at radius 1 is 1.08 bits per heavy atom. The van der Waals surface area contributed by atoms with Crippen LogP contribution in [0.25, 0.3) is 5.57 Å². The zero-order valence-corrected chi connectivity index (χ0v) is 21.3. The lowest BCUT2D eigenvalue weighted by molar-refractivity contribution is -0.137. The topological polar surface area (TPSA) is 84.7 Å². The monoisotopic (exact) mass is 530 g/mol. The smallest absolute Gasteiger partial charge is 0.388 e. The van der Waals surface area contributed by atoms with Gasteiger partial charge in [-0.3, -0.25) is 9.97 Å². The third kappa shape index (κ3) is 4.68. The van der Waals surface area contributed by atoms with Gasteiger partial charge < -0.3 is 19.7 Å². The Kier molecular flexibility index (Phi) is 6.83. The molecule has 6 nitrogen and oxygen atoms in total. The molecular formula is C29H33F3N2O4. The summed E-state index contributed by atoms with van der Waals surface area (Å²) in [4.78, 5) is 9.22. The van der Waals surface area contributed by atoms with Crippen LogP contribution in [0.15, 0.2) is 24.4 Å². The maximum atomic E-state index is 13.2. The first kappa shape index (κ1) is 25.9. The third-order valence-electron chi connectivity index (χ3n) is 8.86. The van der Waals surface area contributed by atoms with E-state index in [1.807, 2.05) is 6.08 Å². The number of aliphatic hydroxyl groups is 2. The van der Waals surface area contributed by atoms with Gasteiger partial charge in [0.05, 0.1) is 36.3 Å². The normalized spacial score (nSPS) is 24.4. The first-order chi connectivity index (χ1) is 18.3. The molecule has 2 fully saturated rings. The van der Waals surface area contributed by atoms with Gasteiger partial charge in [-0.25, -0.2) is 0 Å². The maximum Gasteiger partial charge on any atom is 0.417 e. The van der Waals surface area contributed by atoms with Gasteiger partial charge in [-0.1, -0.05) is 12.5 Å². The molecule has 1 spiro atoms. The molecular weight excluding hydrogens is 497 g/mol. The Bertz CT molecular complexity index is 1220. The summed E-state index contributed by atoms with van der Waals surface area (Å²) < 4.78 is 50.8. The minimum Gasteiger partial charge on any atom is -0.388 e. The van der Waals surface area contributed by atoms with E-state index in [0.29, 0.717) is 44.8 Å². The first-order valence-electron chi connectivity index (χ1n) is 13.6. The van der Waals surface area contributed by atoms with E-state index in [9.17, 15) is 23.4 Å². The Morgan fingerprint density at radius 3 is 2.47 bits per heavy atom. The molecule has 0 amide bonds. The molecule has 2 N–H and O–H groups in total. The standard InChI is InChI=1S/C29H33F3N2O4/c30-29(31,32)19-2-3-20(33-16-19)27(36)25-23(17-4-10-37-11-5-17)24-21(14-28(8-1-9-28)15-22(24)35)34-26(25)18-6-12-38-13-7-18/h2-4,16,18,22,27,35-36H,1,5-15H2/t22?,27-/m1/s1. The minimum atomic E-state index is -4.52. The largest absolute Gasteiger partial charge is 0.417 e. The molecule has 0 aromatic carbocycles. The summed E-state index contributed by atoms with van der Waals surface area (Å²) in [6.07, 6.45) is 3.06. The quantitative estimate of drug-likeness (QED) is 0.549. The van der Waals surface area contributed by atoms with Crippen LogP contribution >= 0.6 is 0 Å². The van der Waals surface area contributed by atoms with E-state index >= 15 is 0 Å². The van der Waals surface area contributed by atoms with Gasteiger partial charge in [0.25, 0.3) is 0 Å². The van der Waals surface area contributed by atoms with Crippen molar-refractivity contribution in [3.8, 4) is 0 Å². The second-order valence-electron chi connectivity index (χ2n) is 11.2. The van der Waals surface area contributed by atoms with E-state index in [4.69, 9.17) is 14.5 Å². The molecule has 4 aliphatic rings.